The third-order valence-corrected chi connectivity index (χ3v) is 1.89. The van der Waals surface area contributed by atoms with E-state index in [2.05, 4.69) is 5.32 Å². The Morgan fingerprint density at radius 1 is 1.47 bits per heavy atom. The molecule has 0 unspecified atom stereocenters. The van der Waals surface area contributed by atoms with Crippen LogP contribution in [0.5, 0.6) is 0 Å². The molecule has 0 bridgehead atoms. The third kappa shape index (κ3) is 7.01. The lowest BCUT2D eigenvalue weighted by molar-refractivity contribution is -0.130. The smallest absolute Gasteiger partial charge is 0.250 e. The van der Waals surface area contributed by atoms with Crippen LogP contribution in [0.15, 0.2) is 0 Å². The molecule has 0 fully saturated rings. The first-order chi connectivity index (χ1) is 6.97. The molecule has 6 nitrogen and oxygen atoms in total. The van der Waals surface area contributed by atoms with Crippen molar-refractivity contribution in [3.05, 3.63) is 0 Å². The molecule has 0 aliphatic heterocycles. The minimum absolute atomic E-state index is 0.0871. The van der Waals surface area contributed by atoms with Gasteiger partial charge >= 0.3 is 0 Å². The van der Waals surface area contributed by atoms with E-state index in [0.717, 1.165) is 11.3 Å². The summed E-state index contributed by atoms with van der Waals surface area (Å²) >= 11 is 0. The monoisotopic (exact) mass is 216 g/mol. The number of hydrogen-bond acceptors (Lipinski definition) is 5. The summed E-state index contributed by atoms with van der Waals surface area (Å²) in [5, 5.41) is 3.90. The maximum absolute atomic E-state index is 11.4. The molecule has 0 spiro atoms. The third-order valence-electron chi connectivity index (χ3n) is 1.89. The predicted octanol–water partition coefficient (Wildman–Crippen LogP) is -1.57. The van der Waals surface area contributed by atoms with Gasteiger partial charge in [0.15, 0.2) is 0 Å². The Morgan fingerprint density at radius 3 is 2.53 bits per heavy atom. The Labute approximate surface area is 90.4 Å². The molecule has 0 aromatic heterocycles. The van der Waals surface area contributed by atoms with E-state index in [1.807, 2.05) is 19.0 Å². The van der Waals surface area contributed by atoms with Gasteiger partial charge in [-0.25, -0.2) is 5.84 Å². The number of hydrazine groups is 1. The average Bonchev–Trinajstić information content (AvgIpc) is 2.21. The number of nitrogens with two attached hydrogens (primary N) is 1. The fourth-order valence-electron chi connectivity index (χ4n) is 0.830. The van der Waals surface area contributed by atoms with E-state index < -0.39 is 0 Å². The Morgan fingerprint density at radius 2 is 2.07 bits per heavy atom. The Bertz CT molecular complexity index is 208. The van der Waals surface area contributed by atoms with Crippen molar-refractivity contribution >= 4 is 12.2 Å². The quantitative estimate of drug-likeness (QED) is 0.233. The zero-order valence-electron chi connectivity index (χ0n) is 9.56. The van der Waals surface area contributed by atoms with Gasteiger partial charge in [0.05, 0.1) is 12.6 Å². The van der Waals surface area contributed by atoms with E-state index in [4.69, 9.17) is 5.84 Å². The van der Waals surface area contributed by atoms with Crippen LogP contribution in [0.1, 0.15) is 6.92 Å². The molecule has 0 saturated heterocycles. The molecular weight excluding hydrogens is 196 g/mol. The summed E-state index contributed by atoms with van der Waals surface area (Å²) in [5.74, 6) is 5.30. The van der Waals surface area contributed by atoms with Gasteiger partial charge in [0.1, 0.15) is 6.29 Å². The highest BCUT2D eigenvalue weighted by Gasteiger charge is 2.10. The van der Waals surface area contributed by atoms with Gasteiger partial charge in [0, 0.05) is 13.1 Å². The Balaban J connectivity index is 3.74. The van der Waals surface area contributed by atoms with Crippen molar-refractivity contribution in [1.82, 2.24) is 15.2 Å². The van der Waals surface area contributed by atoms with Crippen molar-refractivity contribution < 1.29 is 9.59 Å². The summed E-state index contributed by atoms with van der Waals surface area (Å²) in [7, 11) is 3.82. The van der Waals surface area contributed by atoms with Crippen LogP contribution in [0.3, 0.4) is 0 Å². The van der Waals surface area contributed by atoms with Gasteiger partial charge in [-0.1, -0.05) is 0 Å². The molecule has 0 aromatic rings. The minimum Gasteiger partial charge on any atom is -0.308 e. The molecule has 88 valence electrons. The molecule has 0 radical (unpaired) electrons. The lowest BCUT2D eigenvalue weighted by Crippen LogP contribution is -2.47. The number of aldehydes is 1. The number of nitrogens with zero attached hydrogens (tertiary/aromatic N) is 2. The number of carbonyl (C=O) groups is 2. The number of carbonyl (C=O) groups excluding carboxylic acids is 2. The molecule has 0 heterocycles. The second-order valence-corrected chi connectivity index (χ2v) is 3.70. The van der Waals surface area contributed by atoms with Crippen LogP contribution in [-0.2, 0) is 9.59 Å². The molecule has 0 rings (SSSR count). The first-order valence-corrected chi connectivity index (χ1v) is 4.85. The maximum atomic E-state index is 11.4. The largest absolute Gasteiger partial charge is 0.308 e. The lowest BCUT2D eigenvalue weighted by atomic mass is 10.4. The summed E-state index contributed by atoms with van der Waals surface area (Å²) in [6.07, 6.45) is 0.744. The number of nitrogens with one attached hydrogen (secondary N) is 1. The molecular formula is C9H20N4O2. The number of amides is 1. The van der Waals surface area contributed by atoms with Crippen LogP contribution >= 0.6 is 0 Å². The van der Waals surface area contributed by atoms with Crippen LogP contribution in [0.25, 0.3) is 0 Å². The molecule has 3 N–H and O–H groups in total. The van der Waals surface area contributed by atoms with Gasteiger partial charge < -0.3 is 9.69 Å². The van der Waals surface area contributed by atoms with E-state index in [1.54, 1.807) is 6.92 Å². The zero-order chi connectivity index (χ0) is 11.8. The molecule has 1 amide bonds. The minimum atomic E-state index is -0.323. The second kappa shape index (κ2) is 7.33. The molecule has 0 saturated carbocycles. The molecule has 1 atom stereocenters. The first-order valence-electron chi connectivity index (χ1n) is 4.85. The van der Waals surface area contributed by atoms with Gasteiger partial charge in [-0.3, -0.25) is 15.1 Å². The predicted molar refractivity (Wildman–Crippen MR) is 58.0 cm³/mol. The van der Waals surface area contributed by atoms with Crippen LogP contribution in [0, 0.1) is 0 Å². The summed E-state index contributed by atoms with van der Waals surface area (Å²) in [4.78, 5) is 23.6. The number of likely N-dealkylation sites (N-methyl/N-ethyl adjacent to an activating group) is 1. The van der Waals surface area contributed by atoms with E-state index in [-0.39, 0.29) is 18.5 Å². The summed E-state index contributed by atoms with van der Waals surface area (Å²) in [6.45, 7) is 2.96. The van der Waals surface area contributed by atoms with Crippen LogP contribution in [0.2, 0.25) is 0 Å². The first kappa shape index (κ1) is 14.0. The van der Waals surface area contributed by atoms with E-state index >= 15 is 0 Å². The van der Waals surface area contributed by atoms with Crippen LogP contribution in [0.4, 0.5) is 0 Å². The van der Waals surface area contributed by atoms with Crippen LogP contribution < -0.4 is 11.2 Å². The van der Waals surface area contributed by atoms with Crippen molar-refractivity contribution in [2.24, 2.45) is 5.84 Å². The normalized spacial score (nSPS) is 12.6. The van der Waals surface area contributed by atoms with Gasteiger partial charge in [-0.15, -0.1) is 0 Å². The number of hydrogen-bond donors (Lipinski definition) is 2. The molecule has 0 aliphatic carbocycles. The van der Waals surface area contributed by atoms with Crippen LogP contribution in [-0.4, -0.2) is 61.9 Å². The Hall–Kier alpha value is -0.980. The van der Waals surface area contributed by atoms with Gasteiger partial charge in [-0.05, 0) is 21.0 Å². The highest BCUT2D eigenvalue weighted by molar-refractivity contribution is 5.78. The zero-order valence-corrected chi connectivity index (χ0v) is 9.56. The summed E-state index contributed by atoms with van der Waals surface area (Å²) in [6, 6.07) is -0.323. The van der Waals surface area contributed by atoms with E-state index in [0.29, 0.717) is 13.1 Å². The standard InChI is InChI=1S/C9H20N4O2/c1-8(7-14)11-6-9(15)13(10)5-4-12(2)3/h7-8,11H,4-6,10H2,1-3H3/t8-/m0/s1. The van der Waals surface area contributed by atoms with E-state index in [9.17, 15) is 9.59 Å². The molecule has 0 aromatic carbocycles. The number of rotatable bonds is 7. The van der Waals surface area contributed by atoms with Crippen molar-refractivity contribution in [2.45, 2.75) is 13.0 Å². The van der Waals surface area contributed by atoms with Crippen molar-refractivity contribution in [1.29, 1.82) is 0 Å². The average molecular weight is 216 g/mol. The summed E-state index contributed by atoms with van der Waals surface area (Å²) < 4.78 is 0. The lowest BCUT2D eigenvalue weighted by Gasteiger charge is -2.19. The molecule has 15 heavy (non-hydrogen) atoms. The SMILES string of the molecule is C[C@@H](C=O)NCC(=O)N(N)CCN(C)C. The van der Waals surface area contributed by atoms with Crippen molar-refractivity contribution in [2.75, 3.05) is 33.7 Å². The summed E-state index contributed by atoms with van der Waals surface area (Å²) in [5.41, 5.74) is 0. The topological polar surface area (TPSA) is 78.7 Å². The second-order valence-electron chi connectivity index (χ2n) is 3.70. The van der Waals surface area contributed by atoms with Crippen molar-refractivity contribution in [3.8, 4) is 0 Å². The van der Waals surface area contributed by atoms with E-state index in [1.165, 1.54) is 0 Å². The fourth-order valence-corrected chi connectivity index (χ4v) is 0.830. The van der Waals surface area contributed by atoms with Gasteiger partial charge in [0.2, 0.25) is 5.91 Å². The van der Waals surface area contributed by atoms with Gasteiger partial charge in [-0.2, -0.15) is 0 Å². The Kier molecular flexibility index (Phi) is 6.85. The molecule has 6 heteroatoms. The highest BCUT2D eigenvalue weighted by Crippen LogP contribution is 1.83. The highest BCUT2D eigenvalue weighted by atomic mass is 16.2. The fraction of sp³-hybridized carbons (Fsp3) is 0.778. The van der Waals surface area contributed by atoms with Crippen molar-refractivity contribution in [3.63, 3.8) is 0 Å². The van der Waals surface area contributed by atoms with Gasteiger partial charge in [0.25, 0.3) is 0 Å². The molecule has 0 aliphatic rings. The maximum Gasteiger partial charge on any atom is 0.250 e.